The number of amides is 2. The molecule has 0 saturated heterocycles. The summed E-state index contributed by atoms with van der Waals surface area (Å²) >= 11 is 3.41. The lowest BCUT2D eigenvalue weighted by molar-refractivity contribution is -0.123. The Labute approximate surface area is 173 Å². The van der Waals surface area contributed by atoms with Crippen LogP contribution in [0, 0.1) is 0 Å². The number of rotatable bonds is 6. The SMILES string of the molecule is CC(NC(=O)C(NC(=O)c1ccccc1)c1ccccc1)c1ccc(Br)cc1. The molecule has 3 rings (SSSR count). The Morgan fingerprint density at radius 3 is 1.93 bits per heavy atom. The van der Waals surface area contributed by atoms with E-state index >= 15 is 0 Å². The van der Waals surface area contributed by atoms with Crippen molar-refractivity contribution in [1.29, 1.82) is 0 Å². The molecule has 2 unspecified atom stereocenters. The Morgan fingerprint density at radius 1 is 0.750 bits per heavy atom. The molecule has 5 heteroatoms. The first-order valence-corrected chi connectivity index (χ1v) is 9.80. The molecule has 3 aromatic rings. The molecule has 2 N–H and O–H groups in total. The quantitative estimate of drug-likeness (QED) is 0.582. The van der Waals surface area contributed by atoms with Gasteiger partial charge in [-0.25, -0.2) is 0 Å². The summed E-state index contributed by atoms with van der Waals surface area (Å²) in [6.45, 7) is 1.92. The number of carbonyl (C=O) groups excluding carboxylic acids is 2. The summed E-state index contributed by atoms with van der Waals surface area (Å²) in [5, 5.41) is 5.86. The fraction of sp³-hybridized carbons (Fsp3) is 0.130. The van der Waals surface area contributed by atoms with Gasteiger partial charge in [-0.1, -0.05) is 76.6 Å². The van der Waals surface area contributed by atoms with Crippen molar-refractivity contribution in [3.8, 4) is 0 Å². The first-order chi connectivity index (χ1) is 13.5. The van der Waals surface area contributed by atoms with E-state index in [2.05, 4.69) is 26.6 Å². The van der Waals surface area contributed by atoms with Crippen LogP contribution in [0.25, 0.3) is 0 Å². The average Bonchev–Trinajstić information content (AvgIpc) is 2.73. The van der Waals surface area contributed by atoms with E-state index in [1.165, 1.54) is 0 Å². The van der Waals surface area contributed by atoms with Gasteiger partial charge in [0, 0.05) is 10.0 Å². The standard InChI is InChI=1S/C23H21BrN2O2/c1-16(17-12-14-20(24)15-13-17)25-23(28)21(18-8-4-2-5-9-18)26-22(27)19-10-6-3-7-11-19/h2-16,21H,1H3,(H,25,28)(H,26,27). The third-order valence-electron chi connectivity index (χ3n) is 4.44. The van der Waals surface area contributed by atoms with Crippen LogP contribution in [-0.2, 0) is 4.79 Å². The van der Waals surface area contributed by atoms with Crippen molar-refractivity contribution in [2.24, 2.45) is 0 Å². The van der Waals surface area contributed by atoms with Gasteiger partial charge in [0.1, 0.15) is 6.04 Å². The van der Waals surface area contributed by atoms with Crippen LogP contribution in [0.2, 0.25) is 0 Å². The second-order valence-corrected chi connectivity index (χ2v) is 7.38. The van der Waals surface area contributed by atoms with Crippen LogP contribution in [0.5, 0.6) is 0 Å². The minimum atomic E-state index is -0.785. The summed E-state index contributed by atoms with van der Waals surface area (Å²) in [4.78, 5) is 25.7. The summed E-state index contributed by atoms with van der Waals surface area (Å²) in [5.41, 5.74) is 2.22. The third-order valence-corrected chi connectivity index (χ3v) is 4.96. The maximum Gasteiger partial charge on any atom is 0.252 e. The molecule has 0 saturated carbocycles. The lowest BCUT2D eigenvalue weighted by Gasteiger charge is -2.22. The second kappa shape index (κ2) is 9.33. The molecule has 0 spiro atoms. The number of benzene rings is 3. The topological polar surface area (TPSA) is 58.2 Å². The molecule has 0 bridgehead atoms. The minimum absolute atomic E-state index is 0.194. The highest BCUT2D eigenvalue weighted by Gasteiger charge is 2.24. The van der Waals surface area contributed by atoms with E-state index in [0.717, 1.165) is 15.6 Å². The summed E-state index contributed by atoms with van der Waals surface area (Å²) in [6, 6.07) is 24.9. The Balaban J connectivity index is 1.79. The van der Waals surface area contributed by atoms with Crippen LogP contribution in [0.3, 0.4) is 0 Å². The van der Waals surface area contributed by atoms with Crippen molar-refractivity contribution in [2.45, 2.75) is 19.0 Å². The zero-order valence-corrected chi connectivity index (χ0v) is 17.0. The molecule has 0 fully saturated rings. The molecule has 0 aliphatic carbocycles. The maximum atomic E-state index is 13.0. The number of halogens is 1. The van der Waals surface area contributed by atoms with Gasteiger partial charge >= 0.3 is 0 Å². The molecule has 0 aliphatic heterocycles. The first kappa shape index (κ1) is 19.8. The first-order valence-electron chi connectivity index (χ1n) is 9.01. The molecular formula is C23H21BrN2O2. The van der Waals surface area contributed by atoms with Gasteiger partial charge in [-0.15, -0.1) is 0 Å². The van der Waals surface area contributed by atoms with Gasteiger partial charge in [-0.05, 0) is 42.3 Å². The van der Waals surface area contributed by atoms with Gasteiger partial charge in [0.15, 0.2) is 0 Å². The monoisotopic (exact) mass is 436 g/mol. The number of hydrogen-bond acceptors (Lipinski definition) is 2. The van der Waals surface area contributed by atoms with Crippen LogP contribution in [0.15, 0.2) is 89.4 Å². The lowest BCUT2D eigenvalue weighted by atomic mass is 10.0. The Bertz CT molecular complexity index is 928. The van der Waals surface area contributed by atoms with Crippen LogP contribution in [0.1, 0.15) is 40.5 Å². The zero-order valence-electron chi connectivity index (χ0n) is 15.4. The second-order valence-electron chi connectivity index (χ2n) is 6.47. The van der Waals surface area contributed by atoms with Crippen molar-refractivity contribution in [3.05, 3.63) is 106 Å². The van der Waals surface area contributed by atoms with E-state index in [-0.39, 0.29) is 17.9 Å². The van der Waals surface area contributed by atoms with Gasteiger partial charge in [0.05, 0.1) is 6.04 Å². The highest BCUT2D eigenvalue weighted by Crippen LogP contribution is 2.19. The molecule has 0 heterocycles. The Morgan fingerprint density at radius 2 is 1.32 bits per heavy atom. The van der Waals surface area contributed by atoms with Crippen LogP contribution in [-0.4, -0.2) is 11.8 Å². The van der Waals surface area contributed by atoms with Gasteiger partial charge < -0.3 is 10.6 Å². The summed E-state index contributed by atoms with van der Waals surface area (Å²) in [5.74, 6) is -0.549. The largest absolute Gasteiger partial charge is 0.347 e. The summed E-state index contributed by atoms with van der Waals surface area (Å²) < 4.78 is 0.979. The fourth-order valence-electron chi connectivity index (χ4n) is 2.88. The average molecular weight is 437 g/mol. The van der Waals surface area contributed by atoms with Crippen molar-refractivity contribution in [1.82, 2.24) is 10.6 Å². The summed E-state index contributed by atoms with van der Waals surface area (Å²) in [7, 11) is 0. The van der Waals surface area contributed by atoms with Crippen molar-refractivity contribution >= 4 is 27.7 Å². The molecular weight excluding hydrogens is 416 g/mol. The molecule has 3 aromatic carbocycles. The number of carbonyl (C=O) groups is 2. The maximum absolute atomic E-state index is 13.0. The molecule has 0 aliphatic rings. The predicted octanol–water partition coefficient (Wildman–Crippen LogP) is 4.80. The minimum Gasteiger partial charge on any atom is -0.347 e. The highest BCUT2D eigenvalue weighted by atomic mass is 79.9. The van der Waals surface area contributed by atoms with E-state index in [4.69, 9.17) is 0 Å². The molecule has 2 amide bonds. The summed E-state index contributed by atoms with van der Waals surface area (Å²) in [6.07, 6.45) is 0. The van der Waals surface area contributed by atoms with Gasteiger partial charge in [-0.2, -0.15) is 0 Å². The molecule has 28 heavy (non-hydrogen) atoms. The van der Waals surface area contributed by atoms with E-state index in [9.17, 15) is 9.59 Å². The molecule has 2 atom stereocenters. The van der Waals surface area contributed by atoms with Crippen molar-refractivity contribution in [2.75, 3.05) is 0 Å². The van der Waals surface area contributed by atoms with E-state index in [0.29, 0.717) is 5.56 Å². The lowest BCUT2D eigenvalue weighted by Crippen LogP contribution is -2.41. The van der Waals surface area contributed by atoms with Gasteiger partial charge in [0.2, 0.25) is 5.91 Å². The van der Waals surface area contributed by atoms with Gasteiger partial charge in [0.25, 0.3) is 5.91 Å². The molecule has 142 valence electrons. The van der Waals surface area contributed by atoms with E-state index in [1.54, 1.807) is 24.3 Å². The van der Waals surface area contributed by atoms with E-state index < -0.39 is 6.04 Å². The predicted molar refractivity (Wildman–Crippen MR) is 114 cm³/mol. The third kappa shape index (κ3) is 5.08. The molecule has 0 radical (unpaired) electrons. The van der Waals surface area contributed by atoms with Crippen LogP contribution in [0.4, 0.5) is 0 Å². The zero-order chi connectivity index (χ0) is 19.9. The smallest absolute Gasteiger partial charge is 0.252 e. The fourth-order valence-corrected chi connectivity index (χ4v) is 3.15. The molecule has 4 nitrogen and oxygen atoms in total. The van der Waals surface area contributed by atoms with Gasteiger partial charge in [-0.3, -0.25) is 9.59 Å². The van der Waals surface area contributed by atoms with E-state index in [1.807, 2.05) is 67.6 Å². The Hall–Kier alpha value is -2.92. The highest BCUT2D eigenvalue weighted by molar-refractivity contribution is 9.10. The molecule has 0 aromatic heterocycles. The number of hydrogen-bond donors (Lipinski definition) is 2. The number of nitrogens with one attached hydrogen (secondary N) is 2. The van der Waals surface area contributed by atoms with Crippen molar-refractivity contribution in [3.63, 3.8) is 0 Å². The van der Waals surface area contributed by atoms with Crippen LogP contribution >= 0.6 is 15.9 Å². The van der Waals surface area contributed by atoms with Crippen molar-refractivity contribution < 1.29 is 9.59 Å². The normalized spacial score (nSPS) is 12.6. The van der Waals surface area contributed by atoms with Crippen LogP contribution < -0.4 is 10.6 Å². The Kier molecular flexibility index (Phi) is 6.61.